The molecule has 0 unspecified atom stereocenters. The van der Waals surface area contributed by atoms with Crippen LogP contribution in [-0.4, -0.2) is 4.57 Å². The Morgan fingerprint density at radius 2 is 1.91 bits per heavy atom. The van der Waals surface area contributed by atoms with Gasteiger partial charge in [0, 0.05) is 29.2 Å². The van der Waals surface area contributed by atoms with Crippen molar-refractivity contribution < 1.29 is 4.39 Å². The molecule has 0 spiro atoms. The van der Waals surface area contributed by atoms with Gasteiger partial charge in [0.25, 0.3) is 0 Å². The summed E-state index contributed by atoms with van der Waals surface area (Å²) in [6.45, 7) is 4.48. The van der Waals surface area contributed by atoms with Crippen LogP contribution in [0.25, 0.3) is 22.6 Å². The minimum absolute atomic E-state index is 0.311. The van der Waals surface area contributed by atoms with Gasteiger partial charge in [0.15, 0.2) is 0 Å². The molecule has 0 radical (unpaired) electrons. The Kier molecular flexibility index (Phi) is 4.07. The summed E-state index contributed by atoms with van der Waals surface area (Å²) in [5, 5.41) is 10.5. The molecule has 2 aromatic carbocycles. The first kappa shape index (κ1) is 14.8. The molecule has 2 nitrogen and oxygen atoms in total. The minimum atomic E-state index is -0.311. The SMILES string of the molecule is C=CCn1cc(/C=C(/C#N)c2ccc(F)cc2)c2ccccc21. The topological polar surface area (TPSA) is 28.7 Å². The summed E-state index contributed by atoms with van der Waals surface area (Å²) in [7, 11) is 0. The molecule has 3 aromatic rings. The summed E-state index contributed by atoms with van der Waals surface area (Å²) in [5.74, 6) is -0.311. The zero-order chi connectivity index (χ0) is 16.2. The lowest BCUT2D eigenvalue weighted by Gasteiger charge is -1.99. The van der Waals surface area contributed by atoms with Crippen molar-refractivity contribution in [2.24, 2.45) is 0 Å². The predicted molar refractivity (Wildman–Crippen MR) is 92.0 cm³/mol. The fourth-order valence-electron chi connectivity index (χ4n) is 2.65. The van der Waals surface area contributed by atoms with Crippen LogP contribution in [0.3, 0.4) is 0 Å². The van der Waals surface area contributed by atoms with Gasteiger partial charge in [0.1, 0.15) is 5.82 Å². The number of allylic oxidation sites excluding steroid dienone is 2. The van der Waals surface area contributed by atoms with E-state index in [9.17, 15) is 9.65 Å². The van der Waals surface area contributed by atoms with E-state index in [1.165, 1.54) is 12.1 Å². The maximum atomic E-state index is 13.1. The van der Waals surface area contributed by atoms with E-state index in [0.29, 0.717) is 17.7 Å². The maximum absolute atomic E-state index is 13.1. The van der Waals surface area contributed by atoms with Crippen LogP contribution in [0.5, 0.6) is 0 Å². The molecule has 0 aliphatic carbocycles. The van der Waals surface area contributed by atoms with Crippen molar-refractivity contribution >= 4 is 22.6 Å². The van der Waals surface area contributed by atoms with Crippen LogP contribution in [0.1, 0.15) is 11.1 Å². The second-order valence-electron chi connectivity index (χ2n) is 5.22. The summed E-state index contributed by atoms with van der Waals surface area (Å²) in [5.41, 5.74) is 3.26. The molecule has 3 heteroatoms. The maximum Gasteiger partial charge on any atom is 0.123 e. The molecule has 0 fully saturated rings. The second kappa shape index (κ2) is 6.33. The zero-order valence-corrected chi connectivity index (χ0v) is 12.5. The van der Waals surface area contributed by atoms with Gasteiger partial charge in [0.2, 0.25) is 0 Å². The fourth-order valence-corrected chi connectivity index (χ4v) is 2.65. The minimum Gasteiger partial charge on any atom is -0.343 e. The number of nitriles is 1. The van der Waals surface area contributed by atoms with E-state index in [2.05, 4.69) is 17.2 Å². The standard InChI is InChI=1S/C20H15FN2/c1-2-11-23-14-17(19-5-3-4-6-20(19)23)12-16(13-22)15-7-9-18(21)10-8-15/h2-10,12,14H,1,11H2/b16-12-. The lowest BCUT2D eigenvalue weighted by atomic mass is 10.0. The van der Waals surface area contributed by atoms with E-state index in [1.807, 2.05) is 42.6 Å². The largest absolute Gasteiger partial charge is 0.343 e. The Morgan fingerprint density at radius 3 is 2.61 bits per heavy atom. The highest BCUT2D eigenvalue weighted by atomic mass is 19.1. The van der Waals surface area contributed by atoms with Gasteiger partial charge in [-0.25, -0.2) is 4.39 Å². The highest BCUT2D eigenvalue weighted by molar-refractivity contribution is 5.98. The number of halogens is 1. The van der Waals surface area contributed by atoms with Gasteiger partial charge in [-0.3, -0.25) is 0 Å². The van der Waals surface area contributed by atoms with Crippen LogP contribution < -0.4 is 0 Å². The Morgan fingerprint density at radius 1 is 1.17 bits per heavy atom. The van der Waals surface area contributed by atoms with Gasteiger partial charge in [-0.05, 0) is 29.8 Å². The fraction of sp³-hybridized carbons (Fsp3) is 0.0500. The molecule has 1 aromatic heterocycles. The van der Waals surface area contributed by atoms with E-state index < -0.39 is 0 Å². The Bertz CT molecular complexity index is 924. The van der Waals surface area contributed by atoms with Crippen LogP contribution in [0.15, 0.2) is 67.4 Å². The monoisotopic (exact) mass is 302 g/mol. The molecule has 1 heterocycles. The van der Waals surface area contributed by atoms with E-state index in [0.717, 1.165) is 16.5 Å². The van der Waals surface area contributed by atoms with Crippen molar-refractivity contribution in [3.05, 3.63) is 84.3 Å². The van der Waals surface area contributed by atoms with Gasteiger partial charge in [-0.2, -0.15) is 5.26 Å². The Balaban J connectivity index is 2.13. The van der Waals surface area contributed by atoms with E-state index in [-0.39, 0.29) is 5.82 Å². The van der Waals surface area contributed by atoms with Crippen molar-refractivity contribution in [3.8, 4) is 6.07 Å². The number of nitrogens with zero attached hydrogens (tertiary/aromatic N) is 2. The highest BCUT2D eigenvalue weighted by Crippen LogP contribution is 2.26. The third kappa shape index (κ3) is 2.93. The Hall–Kier alpha value is -3.12. The quantitative estimate of drug-likeness (QED) is 0.491. The first-order chi connectivity index (χ1) is 11.2. The molecular weight excluding hydrogens is 287 g/mol. The van der Waals surface area contributed by atoms with Crippen LogP contribution in [0, 0.1) is 17.1 Å². The summed E-state index contributed by atoms with van der Waals surface area (Å²) in [6.07, 6.45) is 5.69. The molecule has 3 rings (SSSR count). The van der Waals surface area contributed by atoms with Crippen molar-refractivity contribution in [3.63, 3.8) is 0 Å². The number of rotatable bonds is 4. The normalized spacial score (nSPS) is 11.4. The number of fused-ring (bicyclic) bond motifs is 1. The van der Waals surface area contributed by atoms with Gasteiger partial charge in [-0.1, -0.05) is 36.4 Å². The molecule has 0 atom stereocenters. The lowest BCUT2D eigenvalue weighted by Crippen LogP contribution is -1.91. The number of para-hydroxylation sites is 1. The van der Waals surface area contributed by atoms with Crippen molar-refractivity contribution in [1.82, 2.24) is 4.57 Å². The van der Waals surface area contributed by atoms with Gasteiger partial charge < -0.3 is 4.57 Å². The van der Waals surface area contributed by atoms with Gasteiger partial charge >= 0.3 is 0 Å². The molecule has 0 aliphatic rings. The molecular formula is C20H15FN2. The lowest BCUT2D eigenvalue weighted by molar-refractivity contribution is 0.627. The van der Waals surface area contributed by atoms with E-state index in [4.69, 9.17) is 0 Å². The van der Waals surface area contributed by atoms with Crippen molar-refractivity contribution in [2.45, 2.75) is 6.54 Å². The molecule has 23 heavy (non-hydrogen) atoms. The molecule has 0 saturated heterocycles. The molecule has 0 N–H and O–H groups in total. The molecule has 0 bridgehead atoms. The molecule has 0 aliphatic heterocycles. The Labute approximate surface area is 134 Å². The average molecular weight is 302 g/mol. The summed E-state index contributed by atoms with van der Waals surface area (Å²) in [4.78, 5) is 0. The highest BCUT2D eigenvalue weighted by Gasteiger charge is 2.08. The first-order valence-electron chi connectivity index (χ1n) is 7.29. The van der Waals surface area contributed by atoms with Crippen molar-refractivity contribution in [2.75, 3.05) is 0 Å². The van der Waals surface area contributed by atoms with Gasteiger partial charge in [-0.15, -0.1) is 6.58 Å². The third-order valence-corrected chi connectivity index (χ3v) is 3.72. The van der Waals surface area contributed by atoms with E-state index in [1.54, 1.807) is 12.1 Å². The first-order valence-corrected chi connectivity index (χ1v) is 7.29. The number of benzene rings is 2. The van der Waals surface area contributed by atoms with Crippen molar-refractivity contribution in [1.29, 1.82) is 5.26 Å². The summed E-state index contributed by atoms with van der Waals surface area (Å²) < 4.78 is 15.2. The summed E-state index contributed by atoms with van der Waals surface area (Å²) in [6, 6.07) is 16.2. The van der Waals surface area contributed by atoms with Crippen LogP contribution >= 0.6 is 0 Å². The van der Waals surface area contributed by atoms with Crippen LogP contribution in [-0.2, 0) is 6.54 Å². The molecule has 112 valence electrons. The third-order valence-electron chi connectivity index (χ3n) is 3.72. The number of aromatic nitrogens is 1. The van der Waals surface area contributed by atoms with Crippen LogP contribution in [0.4, 0.5) is 4.39 Å². The predicted octanol–water partition coefficient (Wildman–Crippen LogP) is 5.03. The molecule has 0 saturated carbocycles. The summed E-state index contributed by atoms with van der Waals surface area (Å²) >= 11 is 0. The van der Waals surface area contributed by atoms with Crippen LogP contribution in [0.2, 0.25) is 0 Å². The molecule has 0 amide bonds. The number of hydrogen-bond acceptors (Lipinski definition) is 1. The van der Waals surface area contributed by atoms with E-state index >= 15 is 0 Å². The average Bonchev–Trinajstić information content (AvgIpc) is 2.92. The zero-order valence-electron chi connectivity index (χ0n) is 12.5. The number of hydrogen-bond donors (Lipinski definition) is 0. The smallest absolute Gasteiger partial charge is 0.123 e. The van der Waals surface area contributed by atoms with Gasteiger partial charge in [0.05, 0.1) is 11.6 Å². The second-order valence-corrected chi connectivity index (χ2v) is 5.22.